The Kier molecular flexibility index (Phi) is 4.77. The van der Waals surface area contributed by atoms with Gasteiger partial charge >= 0.3 is 6.36 Å². The van der Waals surface area contributed by atoms with Crippen molar-refractivity contribution in [2.75, 3.05) is 14.2 Å². The zero-order valence-corrected chi connectivity index (χ0v) is 10.8. The van der Waals surface area contributed by atoms with Crippen LogP contribution in [0.5, 0.6) is 17.2 Å². The number of benzene rings is 1. The van der Waals surface area contributed by atoms with Crippen LogP contribution >= 0.6 is 0 Å². The average Bonchev–Trinajstić information content (AvgIpc) is 2.26. The van der Waals surface area contributed by atoms with Crippen molar-refractivity contribution in [1.29, 1.82) is 0 Å². The smallest absolute Gasteiger partial charge is 0.493 e. The summed E-state index contributed by atoms with van der Waals surface area (Å²) in [4.78, 5) is 0. The molecular weight excluding hydrogens is 278 g/mol. The molecule has 2 radical (unpaired) electrons. The van der Waals surface area contributed by atoms with Gasteiger partial charge in [-0.3, -0.25) is 0 Å². The highest BCUT2D eigenvalue weighted by Crippen LogP contribution is 2.41. The van der Waals surface area contributed by atoms with Gasteiger partial charge in [-0.2, -0.15) is 0 Å². The number of aliphatic hydroxyl groups is 1. The lowest BCUT2D eigenvalue weighted by molar-refractivity contribution is -0.275. The van der Waals surface area contributed by atoms with E-state index in [1.165, 1.54) is 26.4 Å². The van der Waals surface area contributed by atoms with Crippen molar-refractivity contribution in [2.24, 2.45) is 5.73 Å². The Balaban J connectivity index is 3.25. The lowest BCUT2D eigenvalue weighted by Gasteiger charge is -2.21. The number of hydrogen-bond donors (Lipinski definition) is 2. The van der Waals surface area contributed by atoms with Crippen molar-refractivity contribution >= 4 is 7.85 Å². The first-order valence-electron chi connectivity index (χ1n) is 5.36. The van der Waals surface area contributed by atoms with E-state index in [9.17, 15) is 18.3 Å². The number of rotatable bonds is 5. The van der Waals surface area contributed by atoms with Crippen molar-refractivity contribution in [1.82, 2.24) is 0 Å². The van der Waals surface area contributed by atoms with Crippen LogP contribution in [0.25, 0.3) is 0 Å². The van der Waals surface area contributed by atoms with Gasteiger partial charge < -0.3 is 25.1 Å². The molecule has 0 saturated heterocycles. The van der Waals surface area contributed by atoms with Crippen LogP contribution in [0, 0.1) is 0 Å². The first-order chi connectivity index (χ1) is 9.05. The van der Waals surface area contributed by atoms with E-state index < -0.39 is 17.7 Å². The first kappa shape index (κ1) is 16.4. The Labute approximate surface area is 114 Å². The maximum atomic E-state index is 12.3. The van der Waals surface area contributed by atoms with Crippen LogP contribution in [0.2, 0.25) is 0 Å². The van der Waals surface area contributed by atoms with Crippen LogP contribution in [0.1, 0.15) is 5.56 Å². The van der Waals surface area contributed by atoms with Gasteiger partial charge in [0.1, 0.15) is 7.85 Å². The molecule has 0 fully saturated rings. The lowest BCUT2D eigenvalue weighted by Crippen LogP contribution is -2.42. The number of ether oxygens (including phenoxy) is 3. The molecule has 110 valence electrons. The molecule has 1 aromatic carbocycles. The molecule has 0 aliphatic carbocycles. The Morgan fingerprint density at radius 2 is 1.65 bits per heavy atom. The summed E-state index contributed by atoms with van der Waals surface area (Å²) in [5.74, 6) is -1.06. The highest BCUT2D eigenvalue weighted by Gasteiger charge is 2.34. The minimum atomic E-state index is -4.90. The van der Waals surface area contributed by atoms with Gasteiger partial charge in [0.25, 0.3) is 0 Å². The van der Waals surface area contributed by atoms with Gasteiger partial charge in [0.15, 0.2) is 11.5 Å². The first-order valence-corrected chi connectivity index (χ1v) is 5.36. The summed E-state index contributed by atoms with van der Waals surface area (Å²) < 4.78 is 50.5. The minimum absolute atomic E-state index is 0.216. The highest BCUT2D eigenvalue weighted by atomic mass is 19.4. The van der Waals surface area contributed by atoms with Crippen molar-refractivity contribution in [3.63, 3.8) is 0 Å². The number of methoxy groups -OCH3 is 2. The molecule has 1 unspecified atom stereocenters. The third kappa shape index (κ3) is 4.82. The fourth-order valence-electron chi connectivity index (χ4n) is 1.58. The standard InChI is InChI=1S/C11H13BF3NO4/c1-18-7-3-6(5-10(12,16)17)4-8(19-2)9(7)20-11(13,14)15/h3-4,17H,5,16H2,1-2H3. The summed E-state index contributed by atoms with van der Waals surface area (Å²) in [5, 5.41) is 9.32. The monoisotopic (exact) mass is 291 g/mol. The Morgan fingerprint density at radius 3 is 1.95 bits per heavy atom. The van der Waals surface area contributed by atoms with Gasteiger partial charge in [-0.25, -0.2) is 0 Å². The molecule has 0 bridgehead atoms. The predicted molar refractivity (Wildman–Crippen MR) is 64.8 cm³/mol. The molecule has 1 aromatic rings. The third-order valence-corrected chi connectivity index (χ3v) is 2.23. The van der Waals surface area contributed by atoms with E-state index in [4.69, 9.17) is 23.1 Å². The van der Waals surface area contributed by atoms with Crippen molar-refractivity contribution < 1.29 is 32.5 Å². The maximum Gasteiger partial charge on any atom is 0.573 e. The van der Waals surface area contributed by atoms with E-state index in [-0.39, 0.29) is 17.9 Å². The molecule has 0 saturated carbocycles. The van der Waals surface area contributed by atoms with Crippen molar-refractivity contribution in [3.05, 3.63) is 17.7 Å². The molecule has 1 atom stereocenters. The normalized spacial score (nSPS) is 14.6. The molecule has 20 heavy (non-hydrogen) atoms. The van der Waals surface area contributed by atoms with Gasteiger partial charge in [0.2, 0.25) is 5.75 Å². The van der Waals surface area contributed by atoms with E-state index >= 15 is 0 Å². The molecule has 3 N–H and O–H groups in total. The van der Waals surface area contributed by atoms with Crippen LogP contribution < -0.4 is 19.9 Å². The van der Waals surface area contributed by atoms with E-state index in [2.05, 4.69) is 4.74 Å². The topological polar surface area (TPSA) is 73.9 Å². The SMILES string of the molecule is [B]C(N)(O)Cc1cc(OC)c(OC(F)(F)F)c(OC)c1. The fraction of sp³-hybridized carbons (Fsp3) is 0.455. The largest absolute Gasteiger partial charge is 0.573 e. The van der Waals surface area contributed by atoms with Crippen molar-refractivity contribution in [2.45, 2.75) is 18.4 Å². The quantitative estimate of drug-likeness (QED) is 0.623. The molecule has 0 aliphatic rings. The zero-order chi connectivity index (χ0) is 15.6. The minimum Gasteiger partial charge on any atom is -0.493 e. The molecule has 0 aromatic heterocycles. The second-order valence-corrected chi connectivity index (χ2v) is 4.05. The van der Waals surface area contributed by atoms with Gasteiger partial charge in [-0.15, -0.1) is 13.2 Å². The van der Waals surface area contributed by atoms with Gasteiger partial charge in [-0.1, -0.05) is 0 Å². The van der Waals surface area contributed by atoms with Crippen LogP contribution in [0.15, 0.2) is 12.1 Å². The molecule has 9 heteroatoms. The van der Waals surface area contributed by atoms with E-state index in [0.29, 0.717) is 5.56 Å². The van der Waals surface area contributed by atoms with E-state index in [0.717, 1.165) is 0 Å². The highest BCUT2D eigenvalue weighted by molar-refractivity contribution is 6.13. The van der Waals surface area contributed by atoms with Crippen LogP contribution in [0.3, 0.4) is 0 Å². The molecule has 0 heterocycles. The third-order valence-electron chi connectivity index (χ3n) is 2.23. The van der Waals surface area contributed by atoms with E-state index in [1.807, 2.05) is 0 Å². The molecule has 0 amide bonds. The Morgan fingerprint density at radius 1 is 1.20 bits per heavy atom. The van der Waals surface area contributed by atoms with Gasteiger partial charge in [0.05, 0.1) is 19.8 Å². The maximum absolute atomic E-state index is 12.3. The fourth-order valence-corrected chi connectivity index (χ4v) is 1.58. The van der Waals surface area contributed by atoms with Crippen molar-refractivity contribution in [3.8, 4) is 17.2 Å². The number of nitrogens with two attached hydrogens (primary N) is 1. The summed E-state index contributed by atoms with van der Waals surface area (Å²) in [5.41, 5.74) is 3.54. The van der Waals surface area contributed by atoms with E-state index in [1.54, 1.807) is 0 Å². The summed E-state index contributed by atoms with van der Waals surface area (Å²) in [6.45, 7) is 0. The summed E-state index contributed by atoms with van der Waals surface area (Å²) in [6.07, 6.45) is -5.11. The molecule has 1 rings (SSSR count). The van der Waals surface area contributed by atoms with Crippen LogP contribution in [-0.2, 0) is 6.42 Å². The summed E-state index contributed by atoms with van der Waals surface area (Å²) >= 11 is 0. The molecule has 5 nitrogen and oxygen atoms in total. The lowest BCUT2D eigenvalue weighted by atomic mass is 9.86. The average molecular weight is 291 g/mol. The predicted octanol–water partition coefficient (Wildman–Crippen LogP) is 0.918. The molecule has 0 spiro atoms. The van der Waals surface area contributed by atoms with Crippen LogP contribution in [0.4, 0.5) is 13.2 Å². The van der Waals surface area contributed by atoms with Gasteiger partial charge in [-0.05, 0) is 17.7 Å². The van der Waals surface area contributed by atoms with Gasteiger partial charge in [0, 0.05) is 6.42 Å². The zero-order valence-electron chi connectivity index (χ0n) is 10.8. The number of halogens is 3. The molecule has 0 aliphatic heterocycles. The summed E-state index contributed by atoms with van der Waals surface area (Å²) in [6, 6.07) is 2.43. The second-order valence-electron chi connectivity index (χ2n) is 4.05. The number of hydrogen-bond acceptors (Lipinski definition) is 5. The number of alkyl halides is 3. The Bertz CT molecular complexity index is 449. The molecular formula is C11H13BF3NO4. The Hall–Kier alpha value is -1.61. The van der Waals surface area contributed by atoms with Crippen LogP contribution in [-0.4, -0.2) is 39.2 Å². The second kappa shape index (κ2) is 5.80. The summed E-state index contributed by atoms with van der Waals surface area (Å²) in [7, 11) is 7.56.